The summed E-state index contributed by atoms with van der Waals surface area (Å²) in [5.41, 5.74) is 2.79. The summed E-state index contributed by atoms with van der Waals surface area (Å²) in [6, 6.07) is 7.31. The molecule has 2 heterocycles. The number of carboxylic acids is 1. The number of benzene rings is 1. The van der Waals surface area contributed by atoms with E-state index < -0.39 is 5.97 Å². The van der Waals surface area contributed by atoms with Crippen molar-refractivity contribution in [3.05, 3.63) is 47.8 Å². The lowest BCUT2D eigenvalue weighted by Gasteiger charge is -2.16. The quantitative estimate of drug-likeness (QED) is 0.910. The van der Waals surface area contributed by atoms with Gasteiger partial charge in [0.15, 0.2) is 0 Å². The fourth-order valence-electron chi connectivity index (χ4n) is 2.50. The van der Waals surface area contributed by atoms with E-state index in [1.54, 1.807) is 6.20 Å². The molecule has 1 aromatic heterocycles. The zero-order valence-electron chi connectivity index (χ0n) is 11.4. The monoisotopic (exact) mass is 269 g/mol. The first-order chi connectivity index (χ1) is 9.49. The van der Waals surface area contributed by atoms with Gasteiger partial charge in [-0.3, -0.25) is 4.98 Å². The van der Waals surface area contributed by atoms with Crippen LogP contribution in [-0.2, 0) is 5.41 Å². The highest BCUT2D eigenvalue weighted by Crippen LogP contribution is 2.40. The molecule has 102 valence electrons. The number of hydrogen-bond donors (Lipinski definition) is 1. The van der Waals surface area contributed by atoms with Crippen molar-refractivity contribution in [2.75, 3.05) is 6.61 Å². The largest absolute Gasteiger partial charge is 0.492 e. The topological polar surface area (TPSA) is 59.4 Å². The number of aromatic nitrogens is 1. The van der Waals surface area contributed by atoms with Crippen molar-refractivity contribution in [1.29, 1.82) is 0 Å². The molecule has 0 aliphatic carbocycles. The number of carbonyl (C=O) groups is 1. The van der Waals surface area contributed by atoms with E-state index in [0.717, 1.165) is 16.9 Å². The van der Waals surface area contributed by atoms with Crippen molar-refractivity contribution >= 4 is 5.97 Å². The number of aromatic carboxylic acids is 1. The summed E-state index contributed by atoms with van der Waals surface area (Å²) in [4.78, 5) is 15.3. The standard InChI is InChI=1S/C16H15NO3/c1-16(2)9-20-14-4-3-10(7-13(14)16)12-8-17-6-5-11(12)15(18)19/h3-8H,9H2,1-2H3,(H,18,19). The zero-order valence-corrected chi connectivity index (χ0v) is 11.4. The molecule has 0 fully saturated rings. The molecule has 0 radical (unpaired) electrons. The van der Waals surface area contributed by atoms with Gasteiger partial charge >= 0.3 is 5.97 Å². The molecule has 4 heteroatoms. The minimum absolute atomic E-state index is 0.0586. The van der Waals surface area contributed by atoms with Crippen molar-refractivity contribution < 1.29 is 14.6 Å². The number of hydrogen-bond acceptors (Lipinski definition) is 3. The van der Waals surface area contributed by atoms with Crippen LogP contribution in [0.1, 0.15) is 29.8 Å². The Labute approximate surface area is 117 Å². The maximum atomic E-state index is 11.3. The van der Waals surface area contributed by atoms with E-state index in [0.29, 0.717) is 12.2 Å². The normalized spacial score (nSPS) is 15.5. The molecular formula is C16H15NO3. The third-order valence-electron chi connectivity index (χ3n) is 3.66. The summed E-state index contributed by atoms with van der Waals surface area (Å²) in [7, 11) is 0. The third-order valence-corrected chi connectivity index (χ3v) is 3.66. The average Bonchev–Trinajstić information content (AvgIpc) is 2.74. The van der Waals surface area contributed by atoms with Gasteiger partial charge in [-0.1, -0.05) is 19.9 Å². The fraction of sp³-hybridized carbons (Fsp3) is 0.250. The van der Waals surface area contributed by atoms with Crippen LogP contribution >= 0.6 is 0 Å². The maximum absolute atomic E-state index is 11.3. The number of fused-ring (bicyclic) bond motifs is 1. The second-order valence-corrected chi connectivity index (χ2v) is 5.61. The summed E-state index contributed by atoms with van der Waals surface area (Å²) >= 11 is 0. The molecule has 0 saturated heterocycles. The van der Waals surface area contributed by atoms with Gasteiger partial charge in [0.2, 0.25) is 0 Å². The number of nitrogens with zero attached hydrogens (tertiary/aromatic N) is 1. The van der Waals surface area contributed by atoms with Crippen LogP contribution in [0.4, 0.5) is 0 Å². The van der Waals surface area contributed by atoms with Crippen molar-refractivity contribution in [1.82, 2.24) is 4.98 Å². The van der Waals surface area contributed by atoms with Gasteiger partial charge in [-0.25, -0.2) is 4.79 Å². The van der Waals surface area contributed by atoms with E-state index in [9.17, 15) is 9.90 Å². The number of pyridine rings is 1. The van der Waals surface area contributed by atoms with Gasteiger partial charge in [-0.2, -0.15) is 0 Å². The van der Waals surface area contributed by atoms with Gasteiger partial charge in [0.1, 0.15) is 5.75 Å². The van der Waals surface area contributed by atoms with Gasteiger partial charge in [-0.15, -0.1) is 0 Å². The van der Waals surface area contributed by atoms with Crippen LogP contribution in [0.2, 0.25) is 0 Å². The number of rotatable bonds is 2. The minimum Gasteiger partial charge on any atom is -0.492 e. The molecule has 1 aliphatic heterocycles. The van der Waals surface area contributed by atoms with Crippen LogP contribution in [0.25, 0.3) is 11.1 Å². The van der Waals surface area contributed by atoms with Crippen molar-refractivity contribution in [2.45, 2.75) is 19.3 Å². The predicted molar refractivity (Wildman–Crippen MR) is 75.2 cm³/mol. The van der Waals surface area contributed by atoms with E-state index in [1.807, 2.05) is 18.2 Å². The Kier molecular flexibility index (Phi) is 2.74. The van der Waals surface area contributed by atoms with E-state index in [-0.39, 0.29) is 11.0 Å². The average molecular weight is 269 g/mol. The fourth-order valence-corrected chi connectivity index (χ4v) is 2.50. The highest BCUT2D eigenvalue weighted by molar-refractivity contribution is 5.95. The highest BCUT2D eigenvalue weighted by Gasteiger charge is 2.32. The molecule has 0 unspecified atom stereocenters. The SMILES string of the molecule is CC1(C)COc2ccc(-c3cnccc3C(=O)O)cc21. The maximum Gasteiger partial charge on any atom is 0.336 e. The van der Waals surface area contributed by atoms with E-state index in [4.69, 9.17) is 4.74 Å². The lowest BCUT2D eigenvalue weighted by molar-refractivity contribution is 0.0697. The summed E-state index contributed by atoms with van der Waals surface area (Å²) in [6.07, 6.45) is 3.08. The molecule has 2 aromatic rings. The Balaban J connectivity index is 2.16. The predicted octanol–water partition coefficient (Wildman–Crippen LogP) is 3.12. The van der Waals surface area contributed by atoms with E-state index >= 15 is 0 Å². The molecule has 1 N–H and O–H groups in total. The number of ether oxygens (including phenoxy) is 1. The van der Waals surface area contributed by atoms with Crippen LogP contribution in [0.5, 0.6) is 5.75 Å². The van der Waals surface area contributed by atoms with E-state index in [2.05, 4.69) is 18.8 Å². The Morgan fingerprint density at radius 2 is 2.15 bits per heavy atom. The molecule has 1 aliphatic rings. The van der Waals surface area contributed by atoms with E-state index in [1.165, 1.54) is 12.3 Å². The second-order valence-electron chi connectivity index (χ2n) is 5.61. The molecule has 0 spiro atoms. The first kappa shape index (κ1) is 12.7. The van der Waals surface area contributed by atoms with Crippen LogP contribution in [0.15, 0.2) is 36.7 Å². The van der Waals surface area contributed by atoms with Crippen LogP contribution < -0.4 is 4.74 Å². The molecular weight excluding hydrogens is 254 g/mol. The molecule has 4 nitrogen and oxygen atoms in total. The summed E-state index contributed by atoms with van der Waals surface area (Å²) in [5.74, 6) is -0.0714. The lowest BCUT2D eigenvalue weighted by Crippen LogP contribution is -2.18. The Bertz CT molecular complexity index is 692. The summed E-state index contributed by atoms with van der Waals surface area (Å²) < 4.78 is 5.65. The first-order valence-corrected chi connectivity index (χ1v) is 6.44. The third kappa shape index (κ3) is 1.93. The second kappa shape index (κ2) is 4.34. The summed E-state index contributed by atoms with van der Waals surface area (Å²) in [6.45, 7) is 4.87. The smallest absolute Gasteiger partial charge is 0.336 e. The van der Waals surface area contributed by atoms with Crippen molar-refractivity contribution in [3.63, 3.8) is 0 Å². The zero-order chi connectivity index (χ0) is 14.3. The van der Waals surface area contributed by atoms with Gasteiger partial charge in [-0.05, 0) is 23.8 Å². The van der Waals surface area contributed by atoms with Gasteiger partial charge in [0.25, 0.3) is 0 Å². The van der Waals surface area contributed by atoms with Crippen LogP contribution in [0.3, 0.4) is 0 Å². The van der Waals surface area contributed by atoms with Gasteiger partial charge in [0.05, 0.1) is 12.2 Å². The van der Waals surface area contributed by atoms with Crippen molar-refractivity contribution in [2.24, 2.45) is 0 Å². The highest BCUT2D eigenvalue weighted by atomic mass is 16.5. The molecule has 0 atom stereocenters. The molecule has 20 heavy (non-hydrogen) atoms. The summed E-state index contributed by atoms with van der Waals surface area (Å²) in [5, 5.41) is 9.27. The Morgan fingerprint density at radius 3 is 2.90 bits per heavy atom. The molecule has 0 bridgehead atoms. The first-order valence-electron chi connectivity index (χ1n) is 6.44. The molecule has 0 amide bonds. The Hall–Kier alpha value is -2.36. The molecule has 3 rings (SSSR count). The van der Waals surface area contributed by atoms with Gasteiger partial charge < -0.3 is 9.84 Å². The molecule has 0 saturated carbocycles. The van der Waals surface area contributed by atoms with Crippen LogP contribution in [0, 0.1) is 0 Å². The lowest BCUT2D eigenvalue weighted by atomic mass is 9.85. The van der Waals surface area contributed by atoms with Crippen molar-refractivity contribution in [3.8, 4) is 16.9 Å². The van der Waals surface area contributed by atoms with Crippen LogP contribution in [-0.4, -0.2) is 22.7 Å². The molecule has 1 aromatic carbocycles. The Morgan fingerprint density at radius 1 is 1.35 bits per heavy atom. The minimum atomic E-state index is -0.946. The van der Waals surface area contributed by atoms with Gasteiger partial charge in [0, 0.05) is 28.9 Å². The number of carboxylic acid groups (broad SMARTS) is 1.